The quantitative estimate of drug-likeness (QED) is 0.734. The molecule has 2 N–H and O–H groups in total. The SMILES string of the molecule is CC(=N)c1cccc(C(=O)NCC(c2ccccc2)C2CCCC2)c1. The van der Waals surface area contributed by atoms with E-state index in [-0.39, 0.29) is 5.91 Å². The second-order valence-corrected chi connectivity index (χ2v) is 6.98. The highest BCUT2D eigenvalue weighted by Crippen LogP contribution is 2.36. The predicted molar refractivity (Wildman–Crippen MR) is 102 cm³/mol. The fourth-order valence-electron chi connectivity index (χ4n) is 3.82. The van der Waals surface area contributed by atoms with Gasteiger partial charge in [-0.25, -0.2) is 0 Å². The van der Waals surface area contributed by atoms with E-state index in [0.29, 0.717) is 29.7 Å². The lowest BCUT2D eigenvalue weighted by Gasteiger charge is -2.24. The second kappa shape index (κ2) is 8.11. The monoisotopic (exact) mass is 334 g/mol. The summed E-state index contributed by atoms with van der Waals surface area (Å²) in [6, 6.07) is 17.9. The first-order valence-corrected chi connectivity index (χ1v) is 9.14. The van der Waals surface area contributed by atoms with Gasteiger partial charge < -0.3 is 10.7 Å². The summed E-state index contributed by atoms with van der Waals surface area (Å²) in [5.74, 6) is 0.972. The molecule has 0 saturated heterocycles. The molecule has 0 bridgehead atoms. The number of nitrogens with one attached hydrogen (secondary N) is 2. The summed E-state index contributed by atoms with van der Waals surface area (Å²) < 4.78 is 0. The van der Waals surface area contributed by atoms with Crippen LogP contribution in [0.2, 0.25) is 0 Å². The molecule has 1 fully saturated rings. The minimum atomic E-state index is -0.0537. The minimum absolute atomic E-state index is 0.0537. The summed E-state index contributed by atoms with van der Waals surface area (Å²) in [4.78, 5) is 12.6. The third-order valence-corrected chi connectivity index (χ3v) is 5.24. The van der Waals surface area contributed by atoms with Crippen LogP contribution in [0.1, 0.15) is 60.0 Å². The van der Waals surface area contributed by atoms with E-state index < -0.39 is 0 Å². The summed E-state index contributed by atoms with van der Waals surface area (Å²) in [7, 11) is 0. The van der Waals surface area contributed by atoms with Gasteiger partial charge in [0, 0.05) is 23.7 Å². The van der Waals surface area contributed by atoms with Crippen molar-refractivity contribution < 1.29 is 4.79 Å². The van der Waals surface area contributed by atoms with E-state index in [1.165, 1.54) is 31.2 Å². The van der Waals surface area contributed by atoms with Gasteiger partial charge in [-0.2, -0.15) is 0 Å². The van der Waals surface area contributed by atoms with Crippen molar-refractivity contribution in [1.82, 2.24) is 5.32 Å². The van der Waals surface area contributed by atoms with Crippen LogP contribution in [0.5, 0.6) is 0 Å². The third-order valence-electron chi connectivity index (χ3n) is 5.24. The Hall–Kier alpha value is -2.42. The second-order valence-electron chi connectivity index (χ2n) is 6.98. The van der Waals surface area contributed by atoms with E-state index in [0.717, 1.165) is 5.56 Å². The minimum Gasteiger partial charge on any atom is -0.351 e. The number of hydrogen-bond donors (Lipinski definition) is 2. The first-order valence-electron chi connectivity index (χ1n) is 9.14. The number of carbonyl (C=O) groups is 1. The van der Waals surface area contributed by atoms with Crippen molar-refractivity contribution in [3.63, 3.8) is 0 Å². The molecule has 0 aromatic heterocycles. The maximum Gasteiger partial charge on any atom is 0.251 e. The number of rotatable bonds is 6. The molecular weight excluding hydrogens is 308 g/mol. The van der Waals surface area contributed by atoms with E-state index in [9.17, 15) is 4.79 Å². The van der Waals surface area contributed by atoms with Crippen LogP contribution in [0.15, 0.2) is 54.6 Å². The molecule has 1 aliphatic rings. The molecule has 0 aliphatic heterocycles. The number of hydrogen-bond acceptors (Lipinski definition) is 2. The predicted octanol–water partition coefficient (Wildman–Crippen LogP) is 4.78. The van der Waals surface area contributed by atoms with Gasteiger partial charge in [-0.05, 0) is 48.9 Å². The summed E-state index contributed by atoms with van der Waals surface area (Å²) in [6.07, 6.45) is 5.08. The normalized spacial score (nSPS) is 15.7. The average molecular weight is 334 g/mol. The highest BCUT2D eigenvalue weighted by Gasteiger charge is 2.26. The first-order chi connectivity index (χ1) is 12.1. The summed E-state index contributed by atoms with van der Waals surface area (Å²) in [6.45, 7) is 2.41. The zero-order chi connectivity index (χ0) is 17.6. The fourth-order valence-corrected chi connectivity index (χ4v) is 3.82. The van der Waals surface area contributed by atoms with Gasteiger partial charge in [-0.3, -0.25) is 4.79 Å². The molecule has 1 aliphatic carbocycles. The molecule has 130 valence electrons. The van der Waals surface area contributed by atoms with Crippen LogP contribution in [0, 0.1) is 11.3 Å². The topological polar surface area (TPSA) is 53.0 Å². The van der Waals surface area contributed by atoms with Crippen molar-refractivity contribution in [3.05, 3.63) is 71.3 Å². The van der Waals surface area contributed by atoms with Gasteiger partial charge in [0.2, 0.25) is 0 Å². The zero-order valence-corrected chi connectivity index (χ0v) is 14.8. The average Bonchev–Trinajstić information content (AvgIpc) is 3.17. The van der Waals surface area contributed by atoms with Crippen LogP contribution in [0.3, 0.4) is 0 Å². The van der Waals surface area contributed by atoms with E-state index in [1.54, 1.807) is 13.0 Å². The first kappa shape index (κ1) is 17.4. The molecule has 3 rings (SSSR count). The van der Waals surface area contributed by atoms with Crippen molar-refractivity contribution in [3.8, 4) is 0 Å². The fraction of sp³-hybridized carbons (Fsp3) is 0.364. The molecular formula is C22H26N2O. The van der Waals surface area contributed by atoms with Gasteiger partial charge in [-0.15, -0.1) is 0 Å². The lowest BCUT2D eigenvalue weighted by atomic mass is 9.84. The van der Waals surface area contributed by atoms with E-state index in [2.05, 4.69) is 29.6 Å². The van der Waals surface area contributed by atoms with Gasteiger partial charge >= 0.3 is 0 Å². The van der Waals surface area contributed by atoms with Gasteiger partial charge in [-0.1, -0.05) is 55.3 Å². The third kappa shape index (κ3) is 4.36. The maximum absolute atomic E-state index is 12.6. The van der Waals surface area contributed by atoms with E-state index in [1.807, 2.05) is 24.3 Å². The summed E-state index contributed by atoms with van der Waals surface area (Å²) in [5.41, 5.74) is 3.21. The maximum atomic E-state index is 12.6. The molecule has 0 radical (unpaired) electrons. The molecule has 1 amide bonds. The number of amides is 1. The largest absolute Gasteiger partial charge is 0.351 e. The van der Waals surface area contributed by atoms with E-state index >= 15 is 0 Å². The molecule has 1 atom stereocenters. The van der Waals surface area contributed by atoms with Crippen LogP contribution in [-0.4, -0.2) is 18.2 Å². The van der Waals surface area contributed by atoms with Crippen LogP contribution < -0.4 is 5.32 Å². The van der Waals surface area contributed by atoms with Crippen LogP contribution in [0.25, 0.3) is 0 Å². The Morgan fingerprint density at radius 1 is 1.08 bits per heavy atom. The Morgan fingerprint density at radius 3 is 2.44 bits per heavy atom. The summed E-state index contributed by atoms with van der Waals surface area (Å²) in [5, 5.41) is 10.9. The van der Waals surface area contributed by atoms with Crippen molar-refractivity contribution >= 4 is 11.6 Å². The molecule has 0 heterocycles. The Kier molecular flexibility index (Phi) is 5.64. The molecule has 1 unspecified atom stereocenters. The van der Waals surface area contributed by atoms with Crippen molar-refractivity contribution in [2.75, 3.05) is 6.54 Å². The standard InChI is InChI=1S/C22H26N2O/c1-16(23)19-12-7-13-20(14-19)22(25)24-15-21(18-10-5-6-11-18)17-8-3-2-4-9-17/h2-4,7-9,12-14,18,21,23H,5-6,10-11,15H2,1H3,(H,24,25). The molecule has 0 spiro atoms. The lowest BCUT2D eigenvalue weighted by molar-refractivity contribution is 0.0948. The number of carbonyl (C=O) groups excluding carboxylic acids is 1. The highest BCUT2D eigenvalue weighted by molar-refractivity contribution is 6.00. The van der Waals surface area contributed by atoms with Crippen molar-refractivity contribution in [2.45, 2.75) is 38.5 Å². The molecule has 1 saturated carbocycles. The Balaban J connectivity index is 1.71. The van der Waals surface area contributed by atoms with Crippen LogP contribution >= 0.6 is 0 Å². The van der Waals surface area contributed by atoms with Crippen LogP contribution in [-0.2, 0) is 0 Å². The Bertz CT molecular complexity index is 733. The zero-order valence-electron chi connectivity index (χ0n) is 14.8. The van der Waals surface area contributed by atoms with E-state index in [4.69, 9.17) is 5.41 Å². The van der Waals surface area contributed by atoms with Gasteiger partial charge in [0.05, 0.1) is 0 Å². The molecule has 3 heteroatoms. The molecule has 2 aromatic carbocycles. The number of benzene rings is 2. The van der Waals surface area contributed by atoms with Crippen LogP contribution in [0.4, 0.5) is 0 Å². The van der Waals surface area contributed by atoms with Crippen molar-refractivity contribution in [2.24, 2.45) is 5.92 Å². The Labute approximate surface area is 150 Å². The van der Waals surface area contributed by atoms with Gasteiger partial charge in [0.15, 0.2) is 0 Å². The van der Waals surface area contributed by atoms with Crippen molar-refractivity contribution in [1.29, 1.82) is 5.41 Å². The highest BCUT2D eigenvalue weighted by atomic mass is 16.1. The molecule has 3 nitrogen and oxygen atoms in total. The van der Waals surface area contributed by atoms with Gasteiger partial charge in [0.1, 0.15) is 0 Å². The Morgan fingerprint density at radius 2 is 1.76 bits per heavy atom. The molecule has 25 heavy (non-hydrogen) atoms. The lowest BCUT2D eigenvalue weighted by Crippen LogP contribution is -2.31. The van der Waals surface area contributed by atoms with Gasteiger partial charge in [0.25, 0.3) is 5.91 Å². The smallest absolute Gasteiger partial charge is 0.251 e. The molecule has 2 aromatic rings. The summed E-state index contributed by atoms with van der Waals surface area (Å²) >= 11 is 0.